The summed E-state index contributed by atoms with van der Waals surface area (Å²) in [5.74, 6) is 0. The van der Waals surface area contributed by atoms with E-state index >= 15 is 0 Å². The number of fused-ring (bicyclic) bond motifs is 1. The number of nitrogens with one attached hydrogen (secondary N) is 2. The lowest BCUT2D eigenvalue weighted by Crippen LogP contribution is -2.16. The number of rotatable bonds is 8. The Kier molecular flexibility index (Phi) is 6.82. The Morgan fingerprint density at radius 1 is 1.09 bits per heavy atom. The molecule has 3 nitrogen and oxygen atoms in total. The van der Waals surface area contributed by atoms with Crippen LogP contribution in [0, 0.1) is 0 Å². The number of aromatic nitrogens is 1. The van der Waals surface area contributed by atoms with Gasteiger partial charge in [-0.2, -0.15) is 0 Å². The van der Waals surface area contributed by atoms with Crippen LogP contribution in [0.4, 0.5) is 0 Å². The molecule has 23 heavy (non-hydrogen) atoms. The summed E-state index contributed by atoms with van der Waals surface area (Å²) >= 11 is 0. The maximum atomic E-state index is 4.40. The van der Waals surface area contributed by atoms with E-state index in [9.17, 15) is 0 Å². The summed E-state index contributed by atoms with van der Waals surface area (Å²) in [7, 11) is 0. The van der Waals surface area contributed by atoms with Crippen molar-refractivity contribution in [3.05, 3.63) is 65.5 Å². The number of hydrogen-bond donors (Lipinski definition) is 2. The van der Waals surface area contributed by atoms with Crippen molar-refractivity contribution in [2.75, 3.05) is 13.1 Å². The molecule has 2 rings (SSSR count). The average molecular weight is 309 g/mol. The quantitative estimate of drug-likeness (QED) is 0.567. The van der Waals surface area contributed by atoms with Gasteiger partial charge in [0.05, 0.1) is 5.52 Å². The Hall–Kier alpha value is -2.13. The Labute approximate surface area is 139 Å². The van der Waals surface area contributed by atoms with Crippen LogP contribution in [-0.4, -0.2) is 18.1 Å². The number of hydrogen-bond acceptors (Lipinski definition) is 3. The maximum Gasteiger partial charge on any atom is 0.0705 e. The van der Waals surface area contributed by atoms with Crippen molar-refractivity contribution in [3.8, 4) is 0 Å². The van der Waals surface area contributed by atoms with Crippen LogP contribution >= 0.6 is 0 Å². The third kappa shape index (κ3) is 5.87. The Morgan fingerprint density at radius 3 is 2.74 bits per heavy atom. The minimum atomic E-state index is 0.830. The van der Waals surface area contributed by atoms with Gasteiger partial charge in [-0.3, -0.25) is 4.98 Å². The first-order valence-electron chi connectivity index (χ1n) is 8.24. The lowest BCUT2D eigenvalue weighted by atomic mass is 10.1. The van der Waals surface area contributed by atoms with Crippen LogP contribution in [-0.2, 0) is 6.54 Å². The summed E-state index contributed by atoms with van der Waals surface area (Å²) < 4.78 is 0. The van der Waals surface area contributed by atoms with Gasteiger partial charge in [-0.1, -0.05) is 35.9 Å². The monoisotopic (exact) mass is 309 g/mol. The number of benzene rings is 1. The largest absolute Gasteiger partial charge is 0.385 e. The zero-order chi connectivity index (χ0) is 16.5. The van der Waals surface area contributed by atoms with E-state index in [1.165, 1.54) is 22.2 Å². The Morgan fingerprint density at radius 2 is 1.91 bits per heavy atom. The van der Waals surface area contributed by atoms with E-state index in [1.807, 2.05) is 12.3 Å². The van der Waals surface area contributed by atoms with Crippen LogP contribution in [0.1, 0.15) is 32.8 Å². The average Bonchev–Trinajstić information content (AvgIpc) is 2.55. The minimum Gasteiger partial charge on any atom is -0.385 e. The molecule has 0 unspecified atom stereocenters. The predicted octanol–water partition coefficient (Wildman–Crippen LogP) is 4.17. The van der Waals surface area contributed by atoms with Crippen molar-refractivity contribution in [2.45, 2.75) is 33.7 Å². The second-order valence-electron chi connectivity index (χ2n) is 6.00. The van der Waals surface area contributed by atoms with Gasteiger partial charge in [-0.15, -0.1) is 0 Å². The van der Waals surface area contributed by atoms with Gasteiger partial charge >= 0.3 is 0 Å². The third-order valence-corrected chi connectivity index (χ3v) is 3.72. The molecule has 1 heterocycles. The smallest absolute Gasteiger partial charge is 0.0705 e. The molecule has 122 valence electrons. The van der Waals surface area contributed by atoms with Gasteiger partial charge in [0.25, 0.3) is 0 Å². The molecule has 1 aromatic carbocycles. The Bertz CT molecular complexity index is 677. The lowest BCUT2D eigenvalue weighted by Gasteiger charge is -2.09. The second kappa shape index (κ2) is 9.11. The second-order valence-corrected chi connectivity index (χ2v) is 6.00. The maximum absolute atomic E-state index is 4.40. The van der Waals surface area contributed by atoms with E-state index in [1.54, 1.807) is 0 Å². The van der Waals surface area contributed by atoms with E-state index < -0.39 is 0 Å². The summed E-state index contributed by atoms with van der Waals surface area (Å²) in [5, 5.41) is 8.13. The van der Waals surface area contributed by atoms with Gasteiger partial charge in [0.2, 0.25) is 0 Å². The number of nitrogens with zero attached hydrogens (tertiary/aromatic N) is 1. The number of pyridine rings is 1. The van der Waals surface area contributed by atoms with E-state index in [-0.39, 0.29) is 0 Å². The van der Waals surface area contributed by atoms with Gasteiger partial charge in [0.15, 0.2) is 0 Å². The van der Waals surface area contributed by atoms with Crippen molar-refractivity contribution >= 4 is 10.9 Å². The molecule has 0 fully saturated rings. The molecule has 0 aliphatic rings. The highest BCUT2D eigenvalue weighted by molar-refractivity contribution is 5.81. The zero-order valence-corrected chi connectivity index (χ0v) is 14.4. The van der Waals surface area contributed by atoms with Crippen LogP contribution in [0.5, 0.6) is 0 Å². The molecule has 0 aliphatic heterocycles. The summed E-state index contributed by atoms with van der Waals surface area (Å²) in [6, 6.07) is 10.4. The Balaban J connectivity index is 1.80. The minimum absolute atomic E-state index is 0.830. The van der Waals surface area contributed by atoms with Crippen molar-refractivity contribution in [1.29, 1.82) is 0 Å². The molecule has 0 bridgehead atoms. The summed E-state index contributed by atoms with van der Waals surface area (Å²) in [6.07, 6.45) is 7.38. The van der Waals surface area contributed by atoms with Crippen LogP contribution in [0.25, 0.3) is 10.9 Å². The summed E-state index contributed by atoms with van der Waals surface area (Å²) in [4.78, 5) is 4.40. The molecule has 0 saturated heterocycles. The molecule has 0 atom stereocenters. The normalized spacial score (nSPS) is 11.5. The van der Waals surface area contributed by atoms with Gasteiger partial charge in [0.1, 0.15) is 0 Å². The molecule has 1 aromatic heterocycles. The lowest BCUT2D eigenvalue weighted by molar-refractivity contribution is 0.740. The number of allylic oxidation sites excluding steroid dienone is 2. The van der Waals surface area contributed by atoms with E-state index in [0.29, 0.717) is 0 Å². The molecule has 0 spiro atoms. The molecule has 0 saturated carbocycles. The highest BCUT2D eigenvalue weighted by Crippen LogP contribution is 2.16. The van der Waals surface area contributed by atoms with Crippen molar-refractivity contribution in [3.63, 3.8) is 0 Å². The van der Waals surface area contributed by atoms with Crippen LogP contribution in [0.15, 0.2) is 60.0 Å². The molecular weight excluding hydrogens is 282 g/mol. The first kappa shape index (κ1) is 17.2. The SMILES string of the molecule is CC(C)=CCNCC/C=C(/C)NCc1ccnc2ccccc12. The van der Waals surface area contributed by atoms with Crippen LogP contribution < -0.4 is 10.6 Å². The molecule has 0 amide bonds. The van der Waals surface area contributed by atoms with Crippen molar-refractivity contribution < 1.29 is 0 Å². The first-order valence-corrected chi connectivity index (χ1v) is 8.24. The summed E-state index contributed by atoms with van der Waals surface area (Å²) in [5.41, 5.74) is 4.91. The fourth-order valence-electron chi connectivity index (χ4n) is 2.39. The van der Waals surface area contributed by atoms with E-state index in [4.69, 9.17) is 0 Å². The number of para-hydroxylation sites is 1. The van der Waals surface area contributed by atoms with Gasteiger partial charge in [0, 0.05) is 30.4 Å². The first-order chi connectivity index (χ1) is 11.2. The third-order valence-electron chi connectivity index (χ3n) is 3.72. The molecular formula is C20H27N3. The van der Waals surface area contributed by atoms with Gasteiger partial charge < -0.3 is 10.6 Å². The molecule has 0 radical (unpaired) electrons. The van der Waals surface area contributed by atoms with Crippen LogP contribution in [0.3, 0.4) is 0 Å². The molecule has 2 N–H and O–H groups in total. The highest BCUT2D eigenvalue weighted by Gasteiger charge is 2.00. The fourth-order valence-corrected chi connectivity index (χ4v) is 2.39. The molecule has 3 heteroatoms. The van der Waals surface area contributed by atoms with Crippen LogP contribution in [0.2, 0.25) is 0 Å². The van der Waals surface area contributed by atoms with Gasteiger partial charge in [-0.05, 0) is 51.4 Å². The van der Waals surface area contributed by atoms with Crippen molar-refractivity contribution in [2.24, 2.45) is 0 Å². The molecule has 0 aliphatic carbocycles. The van der Waals surface area contributed by atoms with E-state index in [2.05, 4.69) is 72.8 Å². The fraction of sp³-hybridized carbons (Fsp3) is 0.350. The molecule has 2 aromatic rings. The predicted molar refractivity (Wildman–Crippen MR) is 99.3 cm³/mol. The van der Waals surface area contributed by atoms with Gasteiger partial charge in [-0.25, -0.2) is 0 Å². The topological polar surface area (TPSA) is 37.0 Å². The standard InChI is InChI=1S/C20H27N3/c1-16(2)10-13-21-12-6-7-17(3)23-15-18-11-14-22-20-9-5-4-8-19(18)20/h4-5,7-11,14,21,23H,6,12-13,15H2,1-3H3/b17-7-. The summed E-state index contributed by atoms with van der Waals surface area (Å²) in [6.45, 7) is 9.15. The zero-order valence-electron chi connectivity index (χ0n) is 14.4. The van der Waals surface area contributed by atoms with Crippen molar-refractivity contribution in [1.82, 2.24) is 15.6 Å². The van der Waals surface area contributed by atoms with E-state index in [0.717, 1.165) is 31.6 Å². The highest BCUT2D eigenvalue weighted by atomic mass is 14.9.